The lowest BCUT2D eigenvalue weighted by molar-refractivity contribution is -0.384. The quantitative estimate of drug-likeness (QED) is 0.473. The van der Waals surface area contributed by atoms with Crippen molar-refractivity contribution in [1.82, 2.24) is 4.98 Å². The Balaban J connectivity index is 2.25. The molecule has 1 aromatic rings. The Bertz CT molecular complexity index is 537. The fraction of sp³-hybridized carbons (Fsp3) is 0.500. The number of carbonyl (C=O) groups is 1. The number of aromatic nitrogens is 1. The Morgan fingerprint density at radius 3 is 3.10 bits per heavy atom. The lowest BCUT2D eigenvalue weighted by Gasteiger charge is -2.24. The first-order valence-electron chi connectivity index (χ1n) is 6.19. The van der Waals surface area contributed by atoms with Gasteiger partial charge < -0.3 is 9.64 Å². The third-order valence-corrected chi connectivity index (χ3v) is 3.57. The molecular weight excluding hydrogens is 330 g/mol. The molecule has 0 radical (unpaired) electrons. The summed E-state index contributed by atoms with van der Waals surface area (Å²) < 4.78 is 5.57. The van der Waals surface area contributed by atoms with E-state index >= 15 is 0 Å². The smallest absolute Gasteiger partial charge is 0.312 e. The second-order valence-corrected chi connectivity index (χ2v) is 5.46. The van der Waals surface area contributed by atoms with Crippen molar-refractivity contribution in [3.63, 3.8) is 0 Å². The number of nitro groups is 1. The predicted octanol–water partition coefficient (Wildman–Crippen LogP) is 2.28. The fourth-order valence-electron chi connectivity index (χ4n) is 2.28. The van der Waals surface area contributed by atoms with E-state index in [1.165, 1.54) is 19.2 Å². The maximum atomic E-state index is 11.1. The van der Waals surface area contributed by atoms with Gasteiger partial charge in [-0.3, -0.25) is 14.9 Å². The van der Waals surface area contributed by atoms with E-state index in [2.05, 4.69) is 20.9 Å². The summed E-state index contributed by atoms with van der Waals surface area (Å²) in [6.07, 6.45) is 3.24. The van der Waals surface area contributed by atoms with Gasteiger partial charge in [0, 0.05) is 30.2 Å². The first-order valence-corrected chi connectivity index (χ1v) is 6.98. The van der Waals surface area contributed by atoms with E-state index < -0.39 is 4.92 Å². The van der Waals surface area contributed by atoms with Gasteiger partial charge in [0.05, 0.1) is 11.0 Å². The standard InChI is InChI=1S/C12H14BrN3O4/c1-8(17)20-7-10-3-2-4-15(10)12-11(16(18)19)5-9(13)6-14-12/h5-6,10H,2-4,7H2,1H3/t10-/m1/s1. The third kappa shape index (κ3) is 3.24. The molecule has 1 saturated heterocycles. The van der Waals surface area contributed by atoms with Gasteiger partial charge in [0.15, 0.2) is 0 Å². The molecule has 2 heterocycles. The third-order valence-electron chi connectivity index (χ3n) is 3.14. The first kappa shape index (κ1) is 14.7. The molecule has 8 heteroatoms. The van der Waals surface area contributed by atoms with Crippen LogP contribution in [0, 0.1) is 10.1 Å². The van der Waals surface area contributed by atoms with Gasteiger partial charge in [-0.25, -0.2) is 4.98 Å². The zero-order chi connectivity index (χ0) is 14.7. The minimum Gasteiger partial charge on any atom is -0.464 e. The largest absolute Gasteiger partial charge is 0.464 e. The van der Waals surface area contributed by atoms with E-state index in [4.69, 9.17) is 4.74 Å². The van der Waals surface area contributed by atoms with Crippen molar-refractivity contribution < 1.29 is 14.5 Å². The van der Waals surface area contributed by atoms with Crippen molar-refractivity contribution >= 4 is 33.4 Å². The van der Waals surface area contributed by atoms with Crippen molar-refractivity contribution in [1.29, 1.82) is 0 Å². The molecule has 0 saturated carbocycles. The Morgan fingerprint density at radius 1 is 1.70 bits per heavy atom. The van der Waals surface area contributed by atoms with Crippen LogP contribution >= 0.6 is 15.9 Å². The molecule has 1 aromatic heterocycles. The molecule has 1 aliphatic rings. The van der Waals surface area contributed by atoms with Gasteiger partial charge in [0.2, 0.25) is 5.82 Å². The van der Waals surface area contributed by atoms with Crippen LogP contribution in [0.2, 0.25) is 0 Å². The topological polar surface area (TPSA) is 85.6 Å². The molecule has 0 aliphatic carbocycles. The van der Waals surface area contributed by atoms with E-state index in [-0.39, 0.29) is 24.3 Å². The summed E-state index contributed by atoms with van der Waals surface area (Å²) in [6.45, 7) is 2.24. The highest BCUT2D eigenvalue weighted by Crippen LogP contribution is 2.33. The number of halogens is 1. The SMILES string of the molecule is CC(=O)OC[C@H]1CCCN1c1ncc(Br)cc1[N+](=O)[O-]. The molecular formula is C12H14BrN3O4. The van der Waals surface area contributed by atoms with Crippen molar-refractivity contribution in [3.05, 3.63) is 26.9 Å². The van der Waals surface area contributed by atoms with Crippen LogP contribution in [-0.4, -0.2) is 35.1 Å². The number of pyridine rings is 1. The molecule has 0 N–H and O–H groups in total. The van der Waals surface area contributed by atoms with Crippen LogP contribution in [0.1, 0.15) is 19.8 Å². The van der Waals surface area contributed by atoms with Crippen molar-refractivity contribution in [3.8, 4) is 0 Å². The zero-order valence-electron chi connectivity index (χ0n) is 10.9. The molecule has 0 amide bonds. The van der Waals surface area contributed by atoms with Crippen LogP contribution in [0.3, 0.4) is 0 Å². The number of esters is 1. The Hall–Kier alpha value is -1.70. The lowest BCUT2D eigenvalue weighted by Crippen LogP contribution is -2.34. The molecule has 108 valence electrons. The summed E-state index contributed by atoms with van der Waals surface area (Å²) >= 11 is 3.18. The Kier molecular flexibility index (Phi) is 4.53. The number of ether oxygens (including phenoxy) is 1. The first-order chi connectivity index (χ1) is 9.49. The summed E-state index contributed by atoms with van der Waals surface area (Å²) in [6, 6.07) is 1.37. The van der Waals surface area contributed by atoms with Crippen LogP contribution in [0.25, 0.3) is 0 Å². The molecule has 0 spiro atoms. The van der Waals surface area contributed by atoms with Gasteiger partial charge in [-0.15, -0.1) is 0 Å². The molecule has 7 nitrogen and oxygen atoms in total. The van der Waals surface area contributed by atoms with E-state index in [0.29, 0.717) is 16.8 Å². The molecule has 1 aliphatic heterocycles. The summed E-state index contributed by atoms with van der Waals surface area (Å²) in [5, 5.41) is 11.1. The van der Waals surface area contributed by atoms with Crippen molar-refractivity contribution in [2.75, 3.05) is 18.1 Å². The maximum Gasteiger partial charge on any atom is 0.312 e. The predicted molar refractivity (Wildman–Crippen MR) is 75.6 cm³/mol. The van der Waals surface area contributed by atoms with Gasteiger partial charge in [0.1, 0.15) is 6.61 Å². The lowest BCUT2D eigenvalue weighted by atomic mass is 10.2. The van der Waals surface area contributed by atoms with E-state index in [9.17, 15) is 14.9 Å². The van der Waals surface area contributed by atoms with E-state index in [1.54, 1.807) is 0 Å². The van der Waals surface area contributed by atoms with Crippen LogP contribution < -0.4 is 4.90 Å². The number of anilines is 1. The van der Waals surface area contributed by atoms with Gasteiger partial charge in [-0.2, -0.15) is 0 Å². The summed E-state index contributed by atoms with van der Waals surface area (Å²) in [5.41, 5.74) is -0.0471. The number of rotatable bonds is 4. The highest BCUT2D eigenvalue weighted by molar-refractivity contribution is 9.10. The average molecular weight is 344 g/mol. The normalized spacial score (nSPS) is 18.1. The van der Waals surface area contributed by atoms with E-state index in [1.807, 2.05) is 4.90 Å². The number of carbonyl (C=O) groups excluding carboxylic acids is 1. The molecule has 20 heavy (non-hydrogen) atoms. The Morgan fingerprint density at radius 2 is 2.45 bits per heavy atom. The van der Waals surface area contributed by atoms with Crippen LogP contribution in [0.15, 0.2) is 16.7 Å². The Labute approximate surface area is 124 Å². The number of hydrogen-bond acceptors (Lipinski definition) is 6. The molecule has 1 atom stereocenters. The van der Waals surface area contributed by atoms with Crippen molar-refractivity contribution in [2.45, 2.75) is 25.8 Å². The van der Waals surface area contributed by atoms with Gasteiger partial charge in [0.25, 0.3) is 0 Å². The van der Waals surface area contributed by atoms with Crippen LogP contribution in [0.5, 0.6) is 0 Å². The van der Waals surface area contributed by atoms with Gasteiger partial charge in [-0.05, 0) is 28.8 Å². The summed E-state index contributed by atoms with van der Waals surface area (Å²) in [7, 11) is 0. The average Bonchev–Trinajstić information content (AvgIpc) is 2.84. The molecule has 0 unspecified atom stereocenters. The summed E-state index contributed by atoms with van der Waals surface area (Å²) in [4.78, 5) is 27.6. The number of hydrogen-bond donors (Lipinski definition) is 0. The minimum atomic E-state index is -0.450. The second-order valence-electron chi connectivity index (χ2n) is 4.55. The zero-order valence-corrected chi connectivity index (χ0v) is 12.5. The molecule has 0 aromatic carbocycles. The monoisotopic (exact) mass is 343 g/mol. The fourth-order valence-corrected chi connectivity index (χ4v) is 2.60. The van der Waals surface area contributed by atoms with Crippen LogP contribution in [-0.2, 0) is 9.53 Å². The second kappa shape index (κ2) is 6.17. The summed E-state index contributed by atoms with van der Waals surface area (Å²) in [5.74, 6) is -0.0250. The number of nitrogens with zero attached hydrogens (tertiary/aromatic N) is 3. The molecule has 0 bridgehead atoms. The highest BCUT2D eigenvalue weighted by atomic mass is 79.9. The van der Waals surface area contributed by atoms with Gasteiger partial charge in [-0.1, -0.05) is 0 Å². The van der Waals surface area contributed by atoms with Gasteiger partial charge >= 0.3 is 11.7 Å². The molecule has 1 fully saturated rings. The van der Waals surface area contributed by atoms with E-state index in [0.717, 1.165) is 12.8 Å². The van der Waals surface area contributed by atoms with Crippen LogP contribution in [0.4, 0.5) is 11.5 Å². The maximum absolute atomic E-state index is 11.1. The van der Waals surface area contributed by atoms with Crippen molar-refractivity contribution in [2.24, 2.45) is 0 Å². The highest BCUT2D eigenvalue weighted by Gasteiger charge is 2.31. The molecule has 2 rings (SSSR count). The minimum absolute atomic E-state index is 0.0471.